The molecule has 21 heavy (non-hydrogen) atoms. The van der Waals surface area contributed by atoms with Crippen molar-refractivity contribution in [3.05, 3.63) is 58.9 Å². The number of aliphatic carboxylic acids is 1. The van der Waals surface area contributed by atoms with E-state index in [2.05, 4.69) is 0 Å². The molecule has 0 aromatic heterocycles. The lowest BCUT2D eigenvalue weighted by Crippen LogP contribution is -2.02. The number of hydrogen-bond acceptors (Lipinski definition) is 2. The number of aliphatic hydroxyl groups excluding tert-OH is 1. The Kier molecular flexibility index (Phi) is 4.94. The first-order valence-electron chi connectivity index (χ1n) is 6.42. The van der Waals surface area contributed by atoms with E-state index in [-0.39, 0.29) is 12.8 Å². The van der Waals surface area contributed by atoms with E-state index in [0.29, 0.717) is 16.1 Å². The molecule has 1 unspecified atom stereocenters. The third kappa shape index (κ3) is 4.03. The molecule has 0 fully saturated rings. The van der Waals surface area contributed by atoms with Crippen LogP contribution in [0.5, 0.6) is 0 Å². The van der Waals surface area contributed by atoms with Gasteiger partial charge in [-0.05, 0) is 35.7 Å². The summed E-state index contributed by atoms with van der Waals surface area (Å²) >= 11 is 6.00. The Bertz CT molecular complexity index is 640. The van der Waals surface area contributed by atoms with Crippen LogP contribution in [-0.4, -0.2) is 16.2 Å². The van der Waals surface area contributed by atoms with Crippen LogP contribution in [0.25, 0.3) is 11.1 Å². The van der Waals surface area contributed by atoms with Crippen LogP contribution in [0.1, 0.15) is 24.5 Å². The summed E-state index contributed by atoms with van der Waals surface area (Å²) in [5, 5.41) is 18.8. The molecule has 110 valence electrons. The van der Waals surface area contributed by atoms with Crippen molar-refractivity contribution in [1.82, 2.24) is 0 Å². The summed E-state index contributed by atoms with van der Waals surface area (Å²) in [7, 11) is 0. The van der Waals surface area contributed by atoms with Crippen molar-refractivity contribution in [3.8, 4) is 11.1 Å². The molecule has 0 amide bonds. The number of halogens is 2. The van der Waals surface area contributed by atoms with Gasteiger partial charge in [0.1, 0.15) is 5.82 Å². The number of carboxylic acid groups (broad SMARTS) is 1. The highest BCUT2D eigenvalue weighted by molar-refractivity contribution is 6.33. The van der Waals surface area contributed by atoms with Crippen molar-refractivity contribution < 1.29 is 19.4 Å². The quantitative estimate of drug-likeness (QED) is 0.876. The standard InChI is InChI=1S/C16H14ClFO3/c17-14-9-12(18)5-6-13(14)10-1-3-11(4-2-10)15(19)7-8-16(20)21/h1-6,9,15,19H,7-8H2,(H,20,21). The second-order valence-corrected chi connectivity index (χ2v) is 5.10. The topological polar surface area (TPSA) is 57.5 Å². The van der Waals surface area contributed by atoms with Gasteiger partial charge in [0, 0.05) is 12.0 Å². The van der Waals surface area contributed by atoms with Gasteiger partial charge in [0.05, 0.1) is 11.1 Å². The molecular formula is C16H14ClFO3. The molecular weight excluding hydrogens is 295 g/mol. The second kappa shape index (κ2) is 6.70. The van der Waals surface area contributed by atoms with Crippen molar-refractivity contribution in [3.63, 3.8) is 0 Å². The minimum atomic E-state index is -0.941. The molecule has 0 aliphatic carbocycles. The Labute approximate surface area is 126 Å². The van der Waals surface area contributed by atoms with Crippen LogP contribution in [0.15, 0.2) is 42.5 Å². The van der Waals surface area contributed by atoms with Crippen molar-refractivity contribution in [2.45, 2.75) is 18.9 Å². The molecule has 1 atom stereocenters. The van der Waals surface area contributed by atoms with E-state index in [9.17, 15) is 14.3 Å². The first-order chi connectivity index (χ1) is 9.97. The lowest BCUT2D eigenvalue weighted by atomic mass is 10.00. The van der Waals surface area contributed by atoms with Gasteiger partial charge in [-0.3, -0.25) is 4.79 Å². The molecule has 2 N–H and O–H groups in total. The minimum Gasteiger partial charge on any atom is -0.481 e. The summed E-state index contributed by atoms with van der Waals surface area (Å²) in [6, 6.07) is 11.1. The molecule has 0 saturated heterocycles. The zero-order chi connectivity index (χ0) is 15.4. The Balaban J connectivity index is 2.16. The summed E-state index contributed by atoms with van der Waals surface area (Å²) < 4.78 is 13.0. The van der Waals surface area contributed by atoms with E-state index < -0.39 is 17.9 Å². The van der Waals surface area contributed by atoms with Gasteiger partial charge < -0.3 is 10.2 Å². The first-order valence-corrected chi connectivity index (χ1v) is 6.80. The third-order valence-electron chi connectivity index (χ3n) is 3.17. The van der Waals surface area contributed by atoms with Crippen LogP contribution >= 0.6 is 11.6 Å². The zero-order valence-corrected chi connectivity index (χ0v) is 11.8. The third-order valence-corrected chi connectivity index (χ3v) is 3.48. The number of carbonyl (C=O) groups is 1. The van der Waals surface area contributed by atoms with E-state index in [1.165, 1.54) is 12.1 Å². The molecule has 5 heteroatoms. The average molecular weight is 309 g/mol. The van der Waals surface area contributed by atoms with Gasteiger partial charge >= 0.3 is 5.97 Å². The van der Waals surface area contributed by atoms with Crippen LogP contribution in [0.2, 0.25) is 5.02 Å². The van der Waals surface area contributed by atoms with E-state index >= 15 is 0 Å². The molecule has 2 aromatic rings. The summed E-state index contributed by atoms with van der Waals surface area (Å²) in [6.45, 7) is 0. The van der Waals surface area contributed by atoms with Crippen molar-refractivity contribution >= 4 is 17.6 Å². The molecule has 0 saturated carbocycles. The SMILES string of the molecule is O=C(O)CCC(O)c1ccc(-c2ccc(F)cc2Cl)cc1. The van der Waals surface area contributed by atoms with Crippen LogP contribution in [-0.2, 0) is 4.79 Å². The van der Waals surface area contributed by atoms with Gasteiger partial charge in [-0.1, -0.05) is 35.9 Å². The van der Waals surface area contributed by atoms with Crippen molar-refractivity contribution in [2.24, 2.45) is 0 Å². The number of benzene rings is 2. The van der Waals surface area contributed by atoms with E-state index in [0.717, 1.165) is 5.56 Å². The number of rotatable bonds is 5. The predicted octanol–water partition coefficient (Wildman–Crippen LogP) is 4.04. The summed E-state index contributed by atoms with van der Waals surface area (Å²) in [4.78, 5) is 10.5. The second-order valence-electron chi connectivity index (χ2n) is 4.69. The molecule has 0 aliphatic rings. The fourth-order valence-corrected chi connectivity index (χ4v) is 2.31. The summed E-state index contributed by atoms with van der Waals surface area (Å²) in [6.07, 6.45) is -0.752. The molecule has 3 nitrogen and oxygen atoms in total. The molecule has 0 spiro atoms. The van der Waals surface area contributed by atoms with Crippen LogP contribution < -0.4 is 0 Å². The minimum absolute atomic E-state index is 0.0906. The van der Waals surface area contributed by atoms with E-state index in [1.54, 1.807) is 30.3 Å². The van der Waals surface area contributed by atoms with Gasteiger partial charge in [0.15, 0.2) is 0 Å². The maximum absolute atomic E-state index is 13.0. The van der Waals surface area contributed by atoms with E-state index in [1.807, 2.05) is 0 Å². The Morgan fingerprint density at radius 2 is 1.86 bits per heavy atom. The van der Waals surface area contributed by atoms with Crippen LogP contribution in [0, 0.1) is 5.82 Å². The van der Waals surface area contributed by atoms with E-state index in [4.69, 9.17) is 16.7 Å². The number of carboxylic acids is 1. The highest BCUT2D eigenvalue weighted by Gasteiger charge is 2.11. The normalized spacial score (nSPS) is 12.1. The first kappa shape index (κ1) is 15.5. The van der Waals surface area contributed by atoms with Crippen molar-refractivity contribution in [1.29, 1.82) is 0 Å². The van der Waals surface area contributed by atoms with Gasteiger partial charge in [0.25, 0.3) is 0 Å². The predicted molar refractivity (Wildman–Crippen MR) is 78.7 cm³/mol. The molecule has 0 bridgehead atoms. The lowest BCUT2D eigenvalue weighted by Gasteiger charge is -2.11. The van der Waals surface area contributed by atoms with Gasteiger partial charge in [-0.2, -0.15) is 0 Å². The Hall–Kier alpha value is -1.91. The highest BCUT2D eigenvalue weighted by Crippen LogP contribution is 2.30. The molecule has 0 heterocycles. The molecule has 0 aliphatic heterocycles. The monoisotopic (exact) mass is 308 g/mol. The molecule has 0 radical (unpaired) electrons. The largest absolute Gasteiger partial charge is 0.481 e. The molecule has 2 rings (SSSR count). The smallest absolute Gasteiger partial charge is 0.303 e. The summed E-state index contributed by atoms with van der Waals surface area (Å²) in [5.41, 5.74) is 2.14. The number of aliphatic hydroxyl groups is 1. The van der Waals surface area contributed by atoms with Gasteiger partial charge in [-0.25, -0.2) is 4.39 Å². The molecule has 2 aromatic carbocycles. The zero-order valence-electron chi connectivity index (χ0n) is 11.1. The maximum atomic E-state index is 13.0. The Morgan fingerprint density at radius 1 is 1.19 bits per heavy atom. The van der Waals surface area contributed by atoms with Crippen molar-refractivity contribution in [2.75, 3.05) is 0 Å². The van der Waals surface area contributed by atoms with Crippen LogP contribution in [0.4, 0.5) is 4.39 Å². The fourth-order valence-electron chi connectivity index (χ4n) is 2.04. The summed E-state index contributed by atoms with van der Waals surface area (Å²) in [5.74, 6) is -1.34. The number of hydrogen-bond donors (Lipinski definition) is 2. The highest BCUT2D eigenvalue weighted by atomic mass is 35.5. The fraction of sp³-hybridized carbons (Fsp3) is 0.188. The van der Waals surface area contributed by atoms with Gasteiger partial charge in [0.2, 0.25) is 0 Å². The van der Waals surface area contributed by atoms with Crippen LogP contribution in [0.3, 0.4) is 0 Å². The average Bonchev–Trinajstić information content (AvgIpc) is 2.45. The lowest BCUT2D eigenvalue weighted by molar-refractivity contribution is -0.137. The maximum Gasteiger partial charge on any atom is 0.303 e. The Morgan fingerprint density at radius 3 is 2.43 bits per heavy atom. The van der Waals surface area contributed by atoms with Gasteiger partial charge in [-0.15, -0.1) is 0 Å².